The molecule has 0 amide bonds. The van der Waals surface area contributed by atoms with Crippen LogP contribution in [0.25, 0.3) is 0 Å². The number of nitrogens with one attached hydrogen (secondary N) is 1. The molecule has 1 N–H and O–H groups in total. The standard InChI is InChI=1S/C13H8FN3O2/c14-11-7-10(17(18)19)5-6-13(11)16-12-4-2-1-3-9(12)8-15/h1-7,16H. The molecule has 0 saturated heterocycles. The quantitative estimate of drug-likeness (QED) is 0.675. The third kappa shape index (κ3) is 2.66. The Morgan fingerprint density at radius 2 is 1.95 bits per heavy atom. The average molecular weight is 257 g/mol. The summed E-state index contributed by atoms with van der Waals surface area (Å²) in [7, 11) is 0. The van der Waals surface area contributed by atoms with E-state index in [1.807, 2.05) is 6.07 Å². The highest BCUT2D eigenvalue weighted by atomic mass is 19.1. The number of para-hydroxylation sites is 1. The topological polar surface area (TPSA) is 79.0 Å². The number of halogens is 1. The molecule has 2 rings (SSSR count). The maximum absolute atomic E-state index is 13.7. The van der Waals surface area contributed by atoms with Gasteiger partial charge in [0.1, 0.15) is 6.07 Å². The molecule has 0 bridgehead atoms. The number of rotatable bonds is 3. The Kier molecular flexibility index (Phi) is 3.39. The molecule has 0 aliphatic heterocycles. The highest BCUT2D eigenvalue weighted by Crippen LogP contribution is 2.25. The van der Waals surface area contributed by atoms with E-state index in [-0.39, 0.29) is 11.4 Å². The van der Waals surface area contributed by atoms with Crippen LogP contribution in [0.4, 0.5) is 21.5 Å². The lowest BCUT2D eigenvalue weighted by Crippen LogP contribution is -1.97. The van der Waals surface area contributed by atoms with Crippen LogP contribution in [0.5, 0.6) is 0 Å². The summed E-state index contributed by atoms with van der Waals surface area (Å²) in [6.45, 7) is 0. The van der Waals surface area contributed by atoms with Crippen LogP contribution in [0.15, 0.2) is 42.5 Å². The Labute approximate surface area is 108 Å². The van der Waals surface area contributed by atoms with Gasteiger partial charge in [0, 0.05) is 6.07 Å². The number of non-ortho nitro benzene ring substituents is 1. The van der Waals surface area contributed by atoms with Gasteiger partial charge < -0.3 is 5.32 Å². The normalized spacial score (nSPS) is 9.68. The van der Waals surface area contributed by atoms with Crippen LogP contribution in [0.1, 0.15) is 5.56 Å². The molecule has 0 heterocycles. The average Bonchev–Trinajstić information content (AvgIpc) is 2.41. The third-order valence-electron chi connectivity index (χ3n) is 2.48. The second-order valence-electron chi connectivity index (χ2n) is 3.70. The summed E-state index contributed by atoms with van der Waals surface area (Å²) in [6.07, 6.45) is 0. The summed E-state index contributed by atoms with van der Waals surface area (Å²) in [5.41, 5.74) is 0.558. The largest absolute Gasteiger partial charge is 0.352 e. The van der Waals surface area contributed by atoms with E-state index in [9.17, 15) is 14.5 Å². The molecule has 2 aromatic carbocycles. The van der Waals surface area contributed by atoms with E-state index in [0.29, 0.717) is 11.3 Å². The Morgan fingerprint density at radius 1 is 1.21 bits per heavy atom. The zero-order valence-corrected chi connectivity index (χ0v) is 9.63. The first-order valence-corrected chi connectivity index (χ1v) is 5.32. The van der Waals surface area contributed by atoms with Gasteiger partial charge >= 0.3 is 0 Å². The van der Waals surface area contributed by atoms with Gasteiger partial charge in [-0.25, -0.2) is 4.39 Å². The monoisotopic (exact) mass is 257 g/mol. The van der Waals surface area contributed by atoms with Crippen molar-refractivity contribution in [3.8, 4) is 6.07 Å². The van der Waals surface area contributed by atoms with E-state index >= 15 is 0 Å². The third-order valence-corrected chi connectivity index (χ3v) is 2.48. The van der Waals surface area contributed by atoms with Crippen LogP contribution in [0, 0.1) is 27.3 Å². The number of benzene rings is 2. The van der Waals surface area contributed by atoms with Gasteiger partial charge in [0.2, 0.25) is 0 Å². The van der Waals surface area contributed by atoms with E-state index in [1.165, 1.54) is 12.1 Å². The van der Waals surface area contributed by atoms with Crippen LogP contribution < -0.4 is 5.32 Å². The van der Waals surface area contributed by atoms with Crippen molar-refractivity contribution >= 4 is 17.1 Å². The van der Waals surface area contributed by atoms with Crippen LogP contribution >= 0.6 is 0 Å². The van der Waals surface area contributed by atoms with Crippen LogP contribution in [-0.4, -0.2) is 4.92 Å². The molecule has 5 nitrogen and oxygen atoms in total. The minimum atomic E-state index is -0.748. The van der Waals surface area contributed by atoms with Crippen molar-refractivity contribution in [2.45, 2.75) is 0 Å². The summed E-state index contributed by atoms with van der Waals surface area (Å²) in [5.74, 6) is -0.748. The maximum atomic E-state index is 13.7. The van der Waals surface area contributed by atoms with Gasteiger partial charge in [0.15, 0.2) is 5.82 Å². The van der Waals surface area contributed by atoms with Crippen molar-refractivity contribution in [2.75, 3.05) is 5.32 Å². The van der Waals surface area contributed by atoms with E-state index in [4.69, 9.17) is 5.26 Å². The van der Waals surface area contributed by atoms with E-state index in [1.54, 1.807) is 24.3 Å². The number of anilines is 2. The van der Waals surface area contributed by atoms with E-state index < -0.39 is 10.7 Å². The SMILES string of the molecule is N#Cc1ccccc1Nc1ccc([N+](=O)[O-])cc1F. The molecule has 0 saturated carbocycles. The first-order valence-electron chi connectivity index (χ1n) is 5.32. The molecule has 0 aliphatic rings. The van der Waals surface area contributed by atoms with Gasteiger partial charge in [-0.05, 0) is 18.2 Å². The first kappa shape index (κ1) is 12.5. The fourth-order valence-corrected chi connectivity index (χ4v) is 1.55. The summed E-state index contributed by atoms with van der Waals surface area (Å²) < 4.78 is 13.7. The van der Waals surface area contributed by atoms with Gasteiger partial charge in [-0.1, -0.05) is 12.1 Å². The number of nitro benzene ring substituents is 1. The molecule has 94 valence electrons. The van der Waals surface area contributed by atoms with Crippen LogP contribution in [0.2, 0.25) is 0 Å². The van der Waals surface area contributed by atoms with Crippen molar-refractivity contribution in [1.29, 1.82) is 5.26 Å². The molecule has 0 unspecified atom stereocenters. The number of nitro groups is 1. The lowest BCUT2D eigenvalue weighted by atomic mass is 10.2. The molecule has 0 fully saturated rings. The van der Waals surface area contributed by atoms with Crippen molar-refractivity contribution < 1.29 is 9.31 Å². The molecular formula is C13H8FN3O2. The molecule has 0 radical (unpaired) electrons. The summed E-state index contributed by atoms with van der Waals surface area (Å²) in [6, 6.07) is 11.9. The predicted molar refractivity (Wildman–Crippen MR) is 67.5 cm³/mol. The van der Waals surface area contributed by atoms with E-state index in [2.05, 4.69) is 5.32 Å². The van der Waals surface area contributed by atoms with Gasteiger partial charge in [-0.15, -0.1) is 0 Å². The molecular weight excluding hydrogens is 249 g/mol. The number of nitrogens with zero attached hydrogens (tertiary/aromatic N) is 2. The zero-order chi connectivity index (χ0) is 13.8. The molecule has 2 aromatic rings. The molecule has 0 spiro atoms. The molecule has 0 aliphatic carbocycles. The maximum Gasteiger partial charge on any atom is 0.272 e. The van der Waals surface area contributed by atoms with Crippen molar-refractivity contribution in [3.05, 3.63) is 64.0 Å². The highest BCUT2D eigenvalue weighted by Gasteiger charge is 2.11. The smallest absolute Gasteiger partial charge is 0.272 e. The molecule has 19 heavy (non-hydrogen) atoms. The summed E-state index contributed by atoms with van der Waals surface area (Å²) in [4.78, 5) is 9.83. The summed E-state index contributed by atoms with van der Waals surface area (Å²) in [5, 5.41) is 22.1. The van der Waals surface area contributed by atoms with Crippen molar-refractivity contribution in [3.63, 3.8) is 0 Å². The molecule has 0 atom stereocenters. The fraction of sp³-hybridized carbons (Fsp3) is 0. The lowest BCUT2D eigenvalue weighted by Gasteiger charge is -2.08. The molecule has 6 heteroatoms. The minimum Gasteiger partial charge on any atom is -0.352 e. The van der Waals surface area contributed by atoms with Crippen LogP contribution in [-0.2, 0) is 0 Å². The minimum absolute atomic E-state index is 0.0771. The van der Waals surface area contributed by atoms with Gasteiger partial charge in [-0.3, -0.25) is 10.1 Å². The number of nitriles is 1. The number of hydrogen-bond donors (Lipinski definition) is 1. The van der Waals surface area contributed by atoms with Gasteiger partial charge in [-0.2, -0.15) is 5.26 Å². The van der Waals surface area contributed by atoms with Gasteiger partial charge in [0.05, 0.1) is 27.9 Å². The number of hydrogen-bond acceptors (Lipinski definition) is 4. The highest BCUT2D eigenvalue weighted by molar-refractivity contribution is 5.67. The molecule has 0 aromatic heterocycles. The Morgan fingerprint density at radius 3 is 2.58 bits per heavy atom. The van der Waals surface area contributed by atoms with Crippen molar-refractivity contribution in [2.24, 2.45) is 0 Å². The Hall–Kier alpha value is -2.94. The fourth-order valence-electron chi connectivity index (χ4n) is 1.55. The van der Waals surface area contributed by atoms with Crippen molar-refractivity contribution in [1.82, 2.24) is 0 Å². The summed E-state index contributed by atoms with van der Waals surface area (Å²) >= 11 is 0. The van der Waals surface area contributed by atoms with E-state index in [0.717, 1.165) is 6.07 Å². The predicted octanol–water partition coefficient (Wildman–Crippen LogP) is 3.35. The Balaban J connectivity index is 2.34. The zero-order valence-electron chi connectivity index (χ0n) is 9.63. The van der Waals surface area contributed by atoms with Gasteiger partial charge in [0.25, 0.3) is 5.69 Å². The Bertz CT molecular complexity index is 680. The second-order valence-corrected chi connectivity index (χ2v) is 3.70. The first-order chi connectivity index (χ1) is 9.11. The lowest BCUT2D eigenvalue weighted by molar-refractivity contribution is -0.385. The second kappa shape index (κ2) is 5.14. The van der Waals surface area contributed by atoms with Crippen LogP contribution in [0.3, 0.4) is 0 Å².